The molecule has 2 fully saturated rings. The number of piperidine rings is 1. The molecule has 0 bridgehead atoms. The first kappa shape index (κ1) is 28.6. The van der Waals surface area contributed by atoms with Gasteiger partial charge in [0.25, 0.3) is 0 Å². The molecule has 1 heterocycles. The number of amides is 3. The first-order chi connectivity index (χ1) is 17.9. The first-order valence-corrected chi connectivity index (χ1v) is 13.2. The van der Waals surface area contributed by atoms with Crippen LogP contribution >= 0.6 is 0 Å². The van der Waals surface area contributed by atoms with E-state index < -0.39 is 29.8 Å². The van der Waals surface area contributed by atoms with Gasteiger partial charge in [-0.2, -0.15) is 0 Å². The van der Waals surface area contributed by atoms with Crippen molar-refractivity contribution in [3.8, 4) is 17.2 Å². The molecule has 4 N–H and O–H groups in total. The molecule has 206 valence electrons. The Morgan fingerprint density at radius 1 is 1.00 bits per heavy atom. The van der Waals surface area contributed by atoms with Crippen molar-refractivity contribution in [2.75, 3.05) is 34.5 Å². The first-order valence-electron chi connectivity index (χ1n) is 13.2. The number of hydrogen-bond acceptors (Lipinski definition) is 7. The average molecular weight is 520 g/mol. The van der Waals surface area contributed by atoms with E-state index in [2.05, 4.69) is 5.32 Å². The molecule has 1 aliphatic carbocycles. The summed E-state index contributed by atoms with van der Waals surface area (Å²) in [6, 6.07) is 1.97. The molecule has 1 saturated heterocycles. The Hall–Kier alpha value is -3.01. The zero-order chi connectivity index (χ0) is 26.9. The molecule has 1 aliphatic heterocycles. The maximum Gasteiger partial charge on any atom is 0.243 e. The van der Waals surface area contributed by atoms with Gasteiger partial charge in [-0.3, -0.25) is 14.4 Å². The second-order valence-corrected chi connectivity index (χ2v) is 9.85. The normalized spacial score (nSPS) is 20.0. The third kappa shape index (κ3) is 6.66. The minimum absolute atomic E-state index is 0.0257. The maximum atomic E-state index is 14.3. The van der Waals surface area contributed by atoms with Crippen molar-refractivity contribution < 1.29 is 33.7 Å². The monoisotopic (exact) mass is 519 g/mol. The molecule has 1 saturated carbocycles. The van der Waals surface area contributed by atoms with Gasteiger partial charge < -0.3 is 35.3 Å². The van der Waals surface area contributed by atoms with Crippen molar-refractivity contribution in [1.82, 2.24) is 10.2 Å². The molecule has 2 aliphatic rings. The third-order valence-electron chi connectivity index (χ3n) is 7.60. The van der Waals surface area contributed by atoms with Crippen molar-refractivity contribution in [2.45, 2.75) is 75.8 Å². The predicted octanol–water partition coefficient (Wildman–Crippen LogP) is 2.11. The Kier molecular flexibility index (Phi) is 10.4. The number of rotatable bonds is 11. The SMILES string of the molecule is COc1cc([C@@H](C(=O)N2CCCC[C@H]2C(=O)N[C@H](CCO)C(N)=O)C2CCCCC2)cc(OC)c1OC. The molecular formula is C27H41N3O7. The van der Waals surface area contributed by atoms with Gasteiger partial charge in [0.15, 0.2) is 11.5 Å². The van der Waals surface area contributed by atoms with Gasteiger partial charge in [0.05, 0.1) is 27.2 Å². The number of benzene rings is 1. The number of carbonyl (C=O) groups is 3. The highest BCUT2D eigenvalue weighted by Gasteiger charge is 2.40. The van der Waals surface area contributed by atoms with Crippen LogP contribution in [-0.2, 0) is 14.4 Å². The standard InChI is InChI=1S/C27H41N3O7/c1-35-21-15-18(16-22(36-2)24(21)37-3)23(17-9-5-4-6-10-17)27(34)30-13-8-7-11-20(30)26(33)29-19(12-14-31)25(28)32/h15-17,19-20,23,31H,4-14H2,1-3H3,(H2,28,32)(H,29,33)/t19-,20+,23+/m1/s1. The molecule has 0 spiro atoms. The summed E-state index contributed by atoms with van der Waals surface area (Å²) < 4.78 is 16.6. The number of aliphatic hydroxyl groups excluding tert-OH is 1. The van der Waals surface area contributed by atoms with Crippen LogP contribution in [0.3, 0.4) is 0 Å². The van der Waals surface area contributed by atoms with Gasteiger partial charge in [0.2, 0.25) is 23.5 Å². The van der Waals surface area contributed by atoms with E-state index in [-0.39, 0.29) is 24.9 Å². The average Bonchev–Trinajstić information content (AvgIpc) is 2.92. The molecule has 10 nitrogen and oxygen atoms in total. The Bertz CT molecular complexity index is 923. The minimum Gasteiger partial charge on any atom is -0.493 e. The van der Waals surface area contributed by atoms with E-state index in [0.29, 0.717) is 30.2 Å². The molecule has 37 heavy (non-hydrogen) atoms. The van der Waals surface area contributed by atoms with Crippen molar-refractivity contribution in [1.29, 1.82) is 0 Å². The van der Waals surface area contributed by atoms with E-state index >= 15 is 0 Å². The topological polar surface area (TPSA) is 140 Å². The van der Waals surface area contributed by atoms with E-state index in [4.69, 9.17) is 19.9 Å². The van der Waals surface area contributed by atoms with Crippen LogP contribution in [0.4, 0.5) is 0 Å². The quantitative estimate of drug-likeness (QED) is 0.407. The number of nitrogens with two attached hydrogens (primary N) is 1. The van der Waals surface area contributed by atoms with Crippen LogP contribution in [0.25, 0.3) is 0 Å². The third-order valence-corrected chi connectivity index (χ3v) is 7.60. The summed E-state index contributed by atoms with van der Waals surface area (Å²) in [6.45, 7) is 0.165. The van der Waals surface area contributed by atoms with E-state index in [1.165, 1.54) is 7.11 Å². The molecule has 1 aromatic rings. The number of ether oxygens (including phenoxy) is 3. The Labute approximate surface area is 218 Å². The zero-order valence-corrected chi connectivity index (χ0v) is 22.2. The van der Waals surface area contributed by atoms with Crippen LogP contribution in [0.15, 0.2) is 12.1 Å². The van der Waals surface area contributed by atoms with Gasteiger partial charge in [-0.05, 0) is 62.1 Å². The van der Waals surface area contributed by atoms with Gasteiger partial charge in [-0.15, -0.1) is 0 Å². The van der Waals surface area contributed by atoms with E-state index in [0.717, 1.165) is 50.5 Å². The Morgan fingerprint density at radius 2 is 1.62 bits per heavy atom. The maximum absolute atomic E-state index is 14.3. The summed E-state index contributed by atoms with van der Waals surface area (Å²) in [6.07, 6.45) is 7.16. The zero-order valence-electron chi connectivity index (χ0n) is 22.2. The molecule has 0 aromatic heterocycles. The molecule has 1 aromatic carbocycles. The van der Waals surface area contributed by atoms with Crippen LogP contribution in [0.5, 0.6) is 17.2 Å². The highest BCUT2D eigenvalue weighted by molar-refractivity contribution is 5.93. The van der Waals surface area contributed by atoms with Gasteiger partial charge >= 0.3 is 0 Å². The molecule has 3 rings (SSSR count). The summed E-state index contributed by atoms with van der Waals surface area (Å²) in [5.74, 6) is -0.196. The fraction of sp³-hybridized carbons (Fsp3) is 0.667. The van der Waals surface area contributed by atoms with Crippen molar-refractivity contribution in [3.63, 3.8) is 0 Å². The molecule has 3 amide bonds. The van der Waals surface area contributed by atoms with Gasteiger partial charge in [0.1, 0.15) is 12.1 Å². The van der Waals surface area contributed by atoms with Gasteiger partial charge in [-0.1, -0.05) is 19.3 Å². The van der Waals surface area contributed by atoms with Crippen LogP contribution in [-0.4, -0.2) is 74.3 Å². The number of methoxy groups -OCH3 is 3. The predicted molar refractivity (Wildman–Crippen MR) is 138 cm³/mol. The van der Waals surface area contributed by atoms with Crippen LogP contribution in [0.2, 0.25) is 0 Å². The molecule has 0 unspecified atom stereocenters. The summed E-state index contributed by atoms with van der Waals surface area (Å²) >= 11 is 0. The van der Waals surface area contributed by atoms with E-state index in [9.17, 15) is 19.5 Å². The summed E-state index contributed by atoms with van der Waals surface area (Å²) in [4.78, 5) is 41.0. The highest BCUT2D eigenvalue weighted by atomic mass is 16.5. The van der Waals surface area contributed by atoms with Crippen LogP contribution in [0, 0.1) is 5.92 Å². The van der Waals surface area contributed by atoms with Crippen LogP contribution in [0.1, 0.15) is 69.3 Å². The lowest BCUT2D eigenvalue weighted by atomic mass is 9.75. The fourth-order valence-electron chi connectivity index (χ4n) is 5.69. The molecule has 3 atom stereocenters. The van der Waals surface area contributed by atoms with Crippen molar-refractivity contribution >= 4 is 17.7 Å². The fourth-order valence-corrected chi connectivity index (χ4v) is 5.69. The lowest BCUT2D eigenvalue weighted by molar-refractivity contribution is -0.145. The smallest absolute Gasteiger partial charge is 0.243 e. The van der Waals surface area contributed by atoms with Crippen LogP contribution < -0.4 is 25.3 Å². The minimum atomic E-state index is -0.986. The summed E-state index contributed by atoms with van der Waals surface area (Å²) in [5.41, 5.74) is 6.19. The second kappa shape index (κ2) is 13.5. The molecule has 0 radical (unpaired) electrons. The van der Waals surface area contributed by atoms with Crippen molar-refractivity contribution in [2.24, 2.45) is 11.7 Å². The lowest BCUT2D eigenvalue weighted by Gasteiger charge is -2.40. The second-order valence-electron chi connectivity index (χ2n) is 9.85. The Balaban J connectivity index is 1.98. The number of aliphatic hydroxyl groups is 1. The lowest BCUT2D eigenvalue weighted by Crippen LogP contribution is -2.57. The Morgan fingerprint density at radius 3 is 2.16 bits per heavy atom. The number of hydrogen-bond donors (Lipinski definition) is 3. The van der Waals surface area contributed by atoms with Crippen molar-refractivity contribution in [3.05, 3.63) is 17.7 Å². The largest absolute Gasteiger partial charge is 0.493 e. The van der Waals surface area contributed by atoms with Gasteiger partial charge in [-0.25, -0.2) is 0 Å². The number of nitrogens with zero attached hydrogens (tertiary/aromatic N) is 1. The highest BCUT2D eigenvalue weighted by Crippen LogP contribution is 2.45. The van der Waals surface area contributed by atoms with Gasteiger partial charge in [0, 0.05) is 13.2 Å². The number of primary amides is 1. The van der Waals surface area contributed by atoms with E-state index in [1.54, 1.807) is 19.1 Å². The molecular weight excluding hydrogens is 478 g/mol. The summed E-state index contributed by atoms with van der Waals surface area (Å²) in [7, 11) is 4.63. The summed E-state index contributed by atoms with van der Waals surface area (Å²) in [5, 5.41) is 11.9. The van der Waals surface area contributed by atoms with E-state index in [1.807, 2.05) is 12.1 Å². The number of carbonyl (C=O) groups excluding carboxylic acids is 3. The number of likely N-dealkylation sites (tertiary alicyclic amines) is 1. The number of nitrogens with one attached hydrogen (secondary N) is 1. The molecule has 10 heteroatoms.